The van der Waals surface area contributed by atoms with Crippen LogP contribution in [0.3, 0.4) is 0 Å². The van der Waals surface area contributed by atoms with Crippen LogP contribution in [0.25, 0.3) is 22.2 Å². The summed E-state index contributed by atoms with van der Waals surface area (Å²) >= 11 is 0. The third-order valence-electron chi connectivity index (χ3n) is 4.32. The quantitative estimate of drug-likeness (QED) is 0.524. The Bertz CT molecular complexity index is 1210. The van der Waals surface area contributed by atoms with Crippen LogP contribution in [0.4, 0.5) is 13.2 Å². The van der Waals surface area contributed by atoms with Crippen LogP contribution in [0.15, 0.2) is 55.1 Å². The fourth-order valence-corrected chi connectivity index (χ4v) is 2.94. The number of hydrogen-bond donors (Lipinski definition) is 0. The highest BCUT2D eigenvalue weighted by molar-refractivity contribution is 5.80. The minimum absolute atomic E-state index is 0.364. The third kappa shape index (κ3) is 3.30. The van der Waals surface area contributed by atoms with E-state index < -0.39 is 17.8 Å². The second-order valence-corrected chi connectivity index (χ2v) is 6.16. The molecule has 0 unspecified atom stereocenters. The lowest BCUT2D eigenvalue weighted by Gasteiger charge is -2.08. The van der Waals surface area contributed by atoms with Gasteiger partial charge < -0.3 is 0 Å². The van der Waals surface area contributed by atoms with E-state index in [2.05, 4.69) is 15.1 Å². The first-order valence-corrected chi connectivity index (χ1v) is 8.28. The lowest BCUT2D eigenvalue weighted by molar-refractivity contribution is 0.146. The Kier molecular flexibility index (Phi) is 4.49. The Morgan fingerprint density at radius 2 is 1.89 bits per heavy atom. The highest BCUT2D eigenvalue weighted by Gasteiger charge is 2.15. The molecular weight excluding hydrogens is 367 g/mol. The molecule has 8 heteroatoms. The second kappa shape index (κ2) is 7.12. The molecule has 4 rings (SSSR count). The van der Waals surface area contributed by atoms with E-state index in [4.69, 9.17) is 5.26 Å². The minimum Gasteiger partial charge on any atom is -0.263 e. The van der Waals surface area contributed by atoms with Gasteiger partial charge in [-0.3, -0.25) is 14.6 Å². The van der Waals surface area contributed by atoms with Gasteiger partial charge in [0, 0.05) is 24.2 Å². The van der Waals surface area contributed by atoms with Crippen LogP contribution in [0.2, 0.25) is 0 Å². The summed E-state index contributed by atoms with van der Waals surface area (Å²) < 4.78 is 41.2. The molecule has 0 saturated heterocycles. The molecule has 5 nitrogen and oxygen atoms in total. The molecule has 0 spiro atoms. The summed E-state index contributed by atoms with van der Waals surface area (Å²) in [6, 6.07) is 9.11. The van der Waals surface area contributed by atoms with Crippen molar-refractivity contribution in [3.8, 4) is 17.2 Å². The number of pyridine rings is 2. The first-order valence-electron chi connectivity index (χ1n) is 8.28. The number of nitrogens with zero attached hydrogens (tertiary/aromatic N) is 5. The van der Waals surface area contributed by atoms with Crippen molar-refractivity contribution in [3.05, 3.63) is 77.6 Å². The molecule has 138 valence electrons. The van der Waals surface area contributed by atoms with Gasteiger partial charge in [-0.25, -0.2) is 13.2 Å². The topological polar surface area (TPSA) is 67.4 Å². The van der Waals surface area contributed by atoms with Crippen molar-refractivity contribution < 1.29 is 13.2 Å². The van der Waals surface area contributed by atoms with Gasteiger partial charge in [0.2, 0.25) is 0 Å². The molecule has 0 aliphatic carbocycles. The fourth-order valence-electron chi connectivity index (χ4n) is 2.94. The van der Waals surface area contributed by atoms with Crippen molar-refractivity contribution in [2.75, 3.05) is 0 Å². The zero-order valence-corrected chi connectivity index (χ0v) is 14.4. The number of nitriles is 1. The number of rotatable bonds is 4. The second-order valence-electron chi connectivity index (χ2n) is 6.16. The molecule has 0 N–H and O–H groups in total. The SMILES string of the molecule is N#Cc1cncc(Cn2ncc3ncc(-c4ccc(F)c(C(F)F)c4)cc32)c1. The number of fused-ring (bicyclic) bond motifs is 1. The van der Waals surface area contributed by atoms with Crippen molar-refractivity contribution in [1.82, 2.24) is 19.7 Å². The predicted molar refractivity (Wildman–Crippen MR) is 95.9 cm³/mol. The van der Waals surface area contributed by atoms with Gasteiger partial charge in [0.15, 0.2) is 0 Å². The van der Waals surface area contributed by atoms with Gasteiger partial charge in [0.05, 0.1) is 29.4 Å². The first kappa shape index (κ1) is 17.7. The number of aromatic nitrogens is 4. The van der Waals surface area contributed by atoms with E-state index in [1.54, 1.807) is 29.2 Å². The lowest BCUT2D eigenvalue weighted by Crippen LogP contribution is -2.02. The number of alkyl halides is 2. The summed E-state index contributed by atoms with van der Waals surface area (Å²) in [6.07, 6.45) is 3.34. The standard InChI is InChI=1S/C20H12F3N5/c21-17-2-1-14(4-16(17)20(22)23)15-5-19-18(26-9-15)10-27-28(19)11-13-3-12(6-24)7-25-8-13/h1-5,7-10,20H,11H2. The van der Waals surface area contributed by atoms with Crippen molar-refractivity contribution in [1.29, 1.82) is 5.26 Å². The largest absolute Gasteiger partial charge is 0.266 e. The molecule has 0 saturated carbocycles. The maximum Gasteiger partial charge on any atom is 0.266 e. The van der Waals surface area contributed by atoms with Crippen LogP contribution in [0, 0.1) is 17.1 Å². The Morgan fingerprint density at radius 1 is 1.04 bits per heavy atom. The van der Waals surface area contributed by atoms with E-state index in [1.807, 2.05) is 6.07 Å². The molecule has 3 aromatic heterocycles. The molecule has 4 aromatic rings. The average Bonchev–Trinajstić information content (AvgIpc) is 3.10. The predicted octanol–water partition coefficient (Wildman–Crippen LogP) is 4.49. The van der Waals surface area contributed by atoms with Crippen LogP contribution in [0.5, 0.6) is 0 Å². The van der Waals surface area contributed by atoms with E-state index in [-0.39, 0.29) is 0 Å². The summed E-state index contributed by atoms with van der Waals surface area (Å²) in [6.45, 7) is 0.364. The summed E-state index contributed by atoms with van der Waals surface area (Å²) in [5, 5.41) is 13.3. The van der Waals surface area contributed by atoms with Crippen LogP contribution >= 0.6 is 0 Å². The molecule has 0 atom stereocenters. The van der Waals surface area contributed by atoms with Crippen LogP contribution < -0.4 is 0 Å². The molecule has 0 aliphatic rings. The molecule has 0 bridgehead atoms. The summed E-state index contributed by atoms with van der Waals surface area (Å²) in [4.78, 5) is 8.35. The van der Waals surface area contributed by atoms with Gasteiger partial charge in [-0.05, 0) is 35.4 Å². The molecule has 0 radical (unpaired) electrons. The summed E-state index contributed by atoms with van der Waals surface area (Å²) in [7, 11) is 0. The van der Waals surface area contributed by atoms with Gasteiger partial charge in [0.1, 0.15) is 17.4 Å². The Balaban J connectivity index is 1.74. The first-order chi connectivity index (χ1) is 13.5. The van der Waals surface area contributed by atoms with Crippen LogP contribution in [-0.2, 0) is 6.54 Å². The van der Waals surface area contributed by atoms with E-state index in [1.165, 1.54) is 18.5 Å². The maximum atomic E-state index is 13.6. The van der Waals surface area contributed by atoms with Gasteiger partial charge in [-0.1, -0.05) is 6.07 Å². The highest BCUT2D eigenvalue weighted by atomic mass is 19.3. The Labute approximate surface area is 157 Å². The molecule has 0 fully saturated rings. The minimum atomic E-state index is -2.90. The highest BCUT2D eigenvalue weighted by Crippen LogP contribution is 2.29. The Morgan fingerprint density at radius 3 is 2.68 bits per heavy atom. The number of benzene rings is 1. The van der Waals surface area contributed by atoms with Gasteiger partial charge in [-0.15, -0.1) is 0 Å². The molecule has 3 heterocycles. The number of hydrogen-bond acceptors (Lipinski definition) is 4. The zero-order valence-electron chi connectivity index (χ0n) is 14.4. The third-order valence-corrected chi connectivity index (χ3v) is 4.32. The van der Waals surface area contributed by atoms with E-state index in [0.717, 1.165) is 17.7 Å². The smallest absolute Gasteiger partial charge is 0.263 e. The molecule has 0 amide bonds. The van der Waals surface area contributed by atoms with E-state index in [9.17, 15) is 13.2 Å². The number of halogens is 3. The zero-order chi connectivity index (χ0) is 19.7. The normalized spacial score (nSPS) is 11.1. The summed E-state index contributed by atoms with van der Waals surface area (Å²) in [5.74, 6) is -0.942. The van der Waals surface area contributed by atoms with Gasteiger partial charge >= 0.3 is 0 Å². The van der Waals surface area contributed by atoms with Crippen LogP contribution in [0.1, 0.15) is 23.1 Å². The van der Waals surface area contributed by atoms with Gasteiger partial charge in [0.25, 0.3) is 6.43 Å². The van der Waals surface area contributed by atoms with Crippen LogP contribution in [-0.4, -0.2) is 19.7 Å². The lowest BCUT2D eigenvalue weighted by atomic mass is 10.0. The molecular formula is C20H12F3N5. The maximum absolute atomic E-state index is 13.6. The molecule has 1 aromatic carbocycles. The molecule has 28 heavy (non-hydrogen) atoms. The fraction of sp³-hybridized carbons (Fsp3) is 0.100. The van der Waals surface area contributed by atoms with Crippen molar-refractivity contribution in [2.24, 2.45) is 0 Å². The molecule has 0 aliphatic heterocycles. The monoisotopic (exact) mass is 379 g/mol. The Hall–Kier alpha value is -3.73. The van der Waals surface area contributed by atoms with E-state index >= 15 is 0 Å². The van der Waals surface area contributed by atoms with Gasteiger partial charge in [-0.2, -0.15) is 10.4 Å². The van der Waals surface area contributed by atoms with Crippen molar-refractivity contribution in [2.45, 2.75) is 13.0 Å². The average molecular weight is 379 g/mol. The van der Waals surface area contributed by atoms with E-state index in [0.29, 0.717) is 34.3 Å². The van der Waals surface area contributed by atoms with Crippen molar-refractivity contribution in [3.63, 3.8) is 0 Å². The summed E-state index contributed by atoms with van der Waals surface area (Å²) in [5.41, 5.74) is 2.90. The van der Waals surface area contributed by atoms with Crippen molar-refractivity contribution >= 4 is 11.0 Å².